The molecular weight excluding hydrogens is 408 g/mol. The number of aromatic nitrogens is 1. The van der Waals surface area contributed by atoms with E-state index in [4.69, 9.17) is 10.8 Å². The molecule has 0 aliphatic carbocycles. The number of nitrogens with one attached hydrogen (secondary N) is 3. The fourth-order valence-electron chi connectivity index (χ4n) is 3.01. The van der Waals surface area contributed by atoms with Gasteiger partial charge in [-0.3, -0.25) is 14.4 Å². The molecule has 2 rings (SSSR count). The number of amides is 2. The van der Waals surface area contributed by atoms with Crippen molar-refractivity contribution < 1.29 is 34.5 Å². The van der Waals surface area contributed by atoms with E-state index in [1.165, 1.54) is 6.92 Å². The maximum absolute atomic E-state index is 12.8. The molecule has 0 saturated heterocycles. The Labute approximate surface area is 177 Å². The summed E-state index contributed by atoms with van der Waals surface area (Å²) in [6, 6.07) is 3.36. The number of fused-ring (bicyclic) bond motifs is 1. The van der Waals surface area contributed by atoms with E-state index in [-0.39, 0.29) is 12.8 Å². The molecule has 0 saturated carbocycles. The van der Waals surface area contributed by atoms with Gasteiger partial charge < -0.3 is 36.7 Å². The summed E-state index contributed by atoms with van der Waals surface area (Å²) >= 11 is 0. The fraction of sp³-hybridized carbons (Fsp3) is 0.400. The molecule has 0 bridgehead atoms. The number of aliphatic hydroxyl groups is 1. The molecule has 0 aliphatic heterocycles. The van der Waals surface area contributed by atoms with Crippen LogP contribution in [0.3, 0.4) is 0 Å². The van der Waals surface area contributed by atoms with Crippen molar-refractivity contribution in [3.05, 3.63) is 36.0 Å². The van der Waals surface area contributed by atoms with Gasteiger partial charge in [-0.05, 0) is 25.0 Å². The highest BCUT2D eigenvalue weighted by molar-refractivity contribution is 5.93. The van der Waals surface area contributed by atoms with Crippen molar-refractivity contribution in [2.45, 2.75) is 50.4 Å². The molecule has 4 unspecified atom stereocenters. The van der Waals surface area contributed by atoms with Gasteiger partial charge in [0.25, 0.3) is 0 Å². The normalized spacial score (nSPS) is 14.9. The molecule has 2 amide bonds. The van der Waals surface area contributed by atoms with Gasteiger partial charge in [0.2, 0.25) is 11.8 Å². The molecule has 0 spiro atoms. The Morgan fingerprint density at radius 3 is 2.32 bits per heavy atom. The molecule has 0 fully saturated rings. The van der Waals surface area contributed by atoms with Gasteiger partial charge >= 0.3 is 11.9 Å². The van der Waals surface area contributed by atoms with Crippen LogP contribution in [0.5, 0.6) is 0 Å². The highest BCUT2D eigenvalue weighted by Gasteiger charge is 2.30. The van der Waals surface area contributed by atoms with E-state index in [0.717, 1.165) is 10.9 Å². The van der Waals surface area contributed by atoms with Crippen LogP contribution in [0.2, 0.25) is 0 Å². The van der Waals surface area contributed by atoms with Crippen molar-refractivity contribution >= 4 is 34.7 Å². The molecular formula is C20H26N4O7. The third kappa shape index (κ3) is 6.52. The number of carbonyl (C=O) groups excluding carboxylic acids is 2. The first-order chi connectivity index (χ1) is 14.6. The Hall–Kier alpha value is -3.44. The Kier molecular flexibility index (Phi) is 8.11. The van der Waals surface area contributed by atoms with Crippen LogP contribution in [0.4, 0.5) is 0 Å². The number of carboxylic acid groups (broad SMARTS) is 2. The van der Waals surface area contributed by atoms with Crippen LogP contribution >= 0.6 is 0 Å². The minimum atomic E-state index is -1.45. The molecule has 168 valence electrons. The number of nitrogens with two attached hydrogens (primary N) is 1. The van der Waals surface area contributed by atoms with Crippen molar-refractivity contribution in [1.82, 2.24) is 15.6 Å². The molecule has 1 heterocycles. The minimum absolute atomic E-state index is 0.0133. The van der Waals surface area contributed by atoms with E-state index >= 15 is 0 Å². The number of aliphatic hydroxyl groups excluding tert-OH is 1. The summed E-state index contributed by atoms with van der Waals surface area (Å²) in [5.74, 6) is -4.19. The number of rotatable bonds is 11. The van der Waals surface area contributed by atoms with Gasteiger partial charge in [-0.25, -0.2) is 4.79 Å². The fourth-order valence-corrected chi connectivity index (χ4v) is 3.01. The highest BCUT2D eigenvalue weighted by Crippen LogP contribution is 2.19. The lowest BCUT2D eigenvalue weighted by Crippen LogP contribution is -2.57. The summed E-state index contributed by atoms with van der Waals surface area (Å²) in [5.41, 5.74) is 7.15. The minimum Gasteiger partial charge on any atom is -0.481 e. The molecule has 1 aromatic carbocycles. The molecule has 0 radical (unpaired) electrons. The number of hydrogen-bond acceptors (Lipinski definition) is 6. The van der Waals surface area contributed by atoms with Crippen molar-refractivity contribution in [1.29, 1.82) is 0 Å². The van der Waals surface area contributed by atoms with E-state index < -0.39 is 54.4 Å². The van der Waals surface area contributed by atoms with Gasteiger partial charge in [-0.1, -0.05) is 18.2 Å². The van der Waals surface area contributed by atoms with Crippen LogP contribution in [-0.2, 0) is 25.6 Å². The standard InChI is InChI=1S/C20H26N4O7/c1-10(25)17(21)19(29)24-15(8-11-9-22-13-5-3-2-4-12(11)13)18(28)23-14(20(30)31)6-7-16(26)27/h2-5,9-10,14-15,17,22,25H,6-8,21H2,1H3,(H,23,28)(H,24,29)(H,26,27)(H,30,31). The van der Waals surface area contributed by atoms with Crippen LogP contribution in [0.1, 0.15) is 25.3 Å². The number of carboxylic acids is 2. The topological polar surface area (TPSA) is 195 Å². The average molecular weight is 434 g/mol. The second-order valence-corrected chi connectivity index (χ2v) is 7.22. The van der Waals surface area contributed by atoms with Crippen molar-refractivity contribution in [2.75, 3.05) is 0 Å². The third-order valence-corrected chi connectivity index (χ3v) is 4.82. The zero-order valence-corrected chi connectivity index (χ0v) is 16.9. The van der Waals surface area contributed by atoms with Crippen molar-refractivity contribution in [3.63, 3.8) is 0 Å². The number of hydrogen-bond donors (Lipinski definition) is 7. The summed E-state index contributed by atoms with van der Waals surface area (Å²) in [5, 5.41) is 33.2. The van der Waals surface area contributed by atoms with Gasteiger partial charge in [0, 0.05) is 29.9 Å². The van der Waals surface area contributed by atoms with E-state index in [2.05, 4.69) is 15.6 Å². The van der Waals surface area contributed by atoms with E-state index in [9.17, 15) is 29.4 Å². The molecule has 4 atom stereocenters. The van der Waals surface area contributed by atoms with Crippen molar-refractivity contribution in [3.8, 4) is 0 Å². The van der Waals surface area contributed by atoms with Crippen LogP contribution in [0, 0.1) is 0 Å². The second kappa shape index (κ2) is 10.5. The maximum Gasteiger partial charge on any atom is 0.326 e. The molecule has 11 nitrogen and oxygen atoms in total. The van der Waals surface area contributed by atoms with E-state index in [1.807, 2.05) is 24.3 Å². The Balaban J connectivity index is 2.25. The monoisotopic (exact) mass is 434 g/mol. The number of aliphatic carboxylic acids is 2. The van der Waals surface area contributed by atoms with Crippen LogP contribution < -0.4 is 16.4 Å². The smallest absolute Gasteiger partial charge is 0.326 e. The van der Waals surface area contributed by atoms with E-state index in [0.29, 0.717) is 5.56 Å². The Morgan fingerprint density at radius 1 is 1.06 bits per heavy atom. The zero-order valence-electron chi connectivity index (χ0n) is 16.9. The highest BCUT2D eigenvalue weighted by atomic mass is 16.4. The largest absolute Gasteiger partial charge is 0.481 e. The van der Waals surface area contributed by atoms with Gasteiger partial charge in [0.1, 0.15) is 18.1 Å². The first kappa shape index (κ1) is 23.8. The predicted octanol–water partition coefficient (Wildman–Crippen LogP) is -0.662. The average Bonchev–Trinajstić information content (AvgIpc) is 3.12. The van der Waals surface area contributed by atoms with Crippen LogP contribution in [-0.4, -0.2) is 68.3 Å². The molecule has 8 N–H and O–H groups in total. The summed E-state index contributed by atoms with van der Waals surface area (Å²) < 4.78 is 0. The molecule has 2 aromatic rings. The Bertz CT molecular complexity index is 956. The third-order valence-electron chi connectivity index (χ3n) is 4.82. The van der Waals surface area contributed by atoms with E-state index in [1.54, 1.807) is 6.20 Å². The molecule has 0 aliphatic rings. The van der Waals surface area contributed by atoms with Crippen LogP contribution in [0.25, 0.3) is 10.9 Å². The Morgan fingerprint density at radius 2 is 1.71 bits per heavy atom. The van der Waals surface area contributed by atoms with Gasteiger partial charge in [-0.15, -0.1) is 0 Å². The van der Waals surface area contributed by atoms with Crippen molar-refractivity contribution in [2.24, 2.45) is 5.73 Å². The van der Waals surface area contributed by atoms with Gasteiger partial charge in [0.05, 0.1) is 6.10 Å². The first-order valence-corrected chi connectivity index (χ1v) is 9.64. The summed E-state index contributed by atoms with van der Waals surface area (Å²) in [4.78, 5) is 50.4. The lowest BCUT2D eigenvalue weighted by Gasteiger charge is -2.23. The number of carbonyl (C=O) groups is 4. The summed E-state index contributed by atoms with van der Waals surface area (Å²) in [6.07, 6.45) is -0.260. The number of benzene rings is 1. The number of para-hydroxylation sites is 1. The first-order valence-electron chi connectivity index (χ1n) is 9.64. The molecule has 11 heteroatoms. The second-order valence-electron chi connectivity index (χ2n) is 7.22. The van der Waals surface area contributed by atoms with Gasteiger partial charge in [-0.2, -0.15) is 0 Å². The maximum atomic E-state index is 12.8. The lowest BCUT2D eigenvalue weighted by molar-refractivity contribution is -0.143. The SMILES string of the molecule is CC(O)C(N)C(=O)NC(Cc1c[nH]c2ccccc12)C(=O)NC(CCC(=O)O)C(=O)O. The lowest BCUT2D eigenvalue weighted by atomic mass is 10.0. The summed E-state index contributed by atoms with van der Waals surface area (Å²) in [6.45, 7) is 1.32. The van der Waals surface area contributed by atoms with Gasteiger partial charge in [0.15, 0.2) is 0 Å². The van der Waals surface area contributed by atoms with Crippen LogP contribution in [0.15, 0.2) is 30.5 Å². The zero-order chi connectivity index (χ0) is 23.1. The quantitative estimate of drug-likeness (QED) is 0.242. The number of H-pyrrole nitrogens is 1. The predicted molar refractivity (Wildman–Crippen MR) is 110 cm³/mol. The molecule has 1 aromatic heterocycles. The number of aromatic amines is 1. The molecule has 31 heavy (non-hydrogen) atoms. The summed E-state index contributed by atoms with van der Waals surface area (Å²) in [7, 11) is 0.